The van der Waals surface area contributed by atoms with Gasteiger partial charge < -0.3 is 4.74 Å². The lowest BCUT2D eigenvalue weighted by atomic mass is 9.78. The van der Waals surface area contributed by atoms with Crippen molar-refractivity contribution in [2.75, 3.05) is 7.11 Å². The zero-order chi connectivity index (χ0) is 12.5. The van der Waals surface area contributed by atoms with Crippen LogP contribution in [0.1, 0.15) is 38.4 Å². The van der Waals surface area contributed by atoms with Gasteiger partial charge in [0.25, 0.3) is 0 Å². The largest absolute Gasteiger partial charge is 0.370 e. The van der Waals surface area contributed by atoms with Gasteiger partial charge in [0.2, 0.25) is 0 Å². The van der Waals surface area contributed by atoms with Gasteiger partial charge in [-0.2, -0.15) is 0 Å². The molecule has 2 atom stereocenters. The number of rotatable bonds is 2. The molecule has 1 aliphatic carbocycles. The van der Waals surface area contributed by atoms with E-state index in [4.69, 9.17) is 16.3 Å². The van der Waals surface area contributed by atoms with Crippen molar-refractivity contribution in [1.82, 2.24) is 9.97 Å². The molecule has 5 heteroatoms. The van der Waals surface area contributed by atoms with Crippen LogP contribution in [-0.2, 0) is 10.3 Å². The van der Waals surface area contributed by atoms with Gasteiger partial charge in [-0.15, -0.1) is 0 Å². The third-order valence-electron chi connectivity index (χ3n) is 3.46. The number of hydrogen-bond acceptors (Lipinski definition) is 3. The first kappa shape index (κ1) is 13.5. The summed E-state index contributed by atoms with van der Waals surface area (Å²) in [5, 5.41) is 0.519. The van der Waals surface area contributed by atoms with Crippen LogP contribution in [0.15, 0.2) is 6.20 Å². The summed E-state index contributed by atoms with van der Waals surface area (Å²) < 4.78 is 6.62. The van der Waals surface area contributed by atoms with E-state index in [1.165, 1.54) is 6.42 Å². The summed E-state index contributed by atoms with van der Waals surface area (Å²) >= 11 is 8.21. The number of ether oxygens (including phenoxy) is 1. The predicted molar refractivity (Wildman–Crippen MR) is 76.1 cm³/mol. The van der Waals surface area contributed by atoms with E-state index in [1.54, 1.807) is 13.3 Å². The highest BCUT2D eigenvalue weighted by atomic mass is 127. The zero-order valence-electron chi connectivity index (χ0n) is 10.0. The Morgan fingerprint density at radius 1 is 1.59 bits per heavy atom. The smallest absolute Gasteiger partial charge is 0.162 e. The molecule has 0 bridgehead atoms. The van der Waals surface area contributed by atoms with Crippen molar-refractivity contribution in [3.05, 3.63) is 20.7 Å². The van der Waals surface area contributed by atoms with E-state index < -0.39 is 0 Å². The van der Waals surface area contributed by atoms with Crippen LogP contribution in [0.3, 0.4) is 0 Å². The summed E-state index contributed by atoms with van der Waals surface area (Å²) in [7, 11) is 1.74. The Balaban J connectivity index is 2.36. The molecule has 3 nitrogen and oxygen atoms in total. The Kier molecular flexibility index (Phi) is 4.26. The maximum absolute atomic E-state index is 6.07. The van der Waals surface area contributed by atoms with Crippen LogP contribution in [-0.4, -0.2) is 17.1 Å². The molecule has 0 saturated heterocycles. The summed E-state index contributed by atoms with van der Waals surface area (Å²) in [6.45, 7) is 2.25. The second-order valence-electron chi connectivity index (χ2n) is 4.73. The molecule has 0 aliphatic heterocycles. The van der Waals surface area contributed by atoms with Crippen molar-refractivity contribution >= 4 is 34.2 Å². The van der Waals surface area contributed by atoms with E-state index in [-0.39, 0.29) is 5.60 Å². The molecule has 1 fully saturated rings. The molecule has 0 aromatic carbocycles. The Labute approximate surface area is 120 Å². The van der Waals surface area contributed by atoms with E-state index in [0.29, 0.717) is 11.1 Å². The first-order valence-electron chi connectivity index (χ1n) is 5.81. The Hall–Kier alpha value is 0.0600. The fourth-order valence-corrected chi connectivity index (χ4v) is 2.94. The number of aromatic nitrogens is 2. The van der Waals surface area contributed by atoms with Crippen LogP contribution in [0.5, 0.6) is 0 Å². The fourth-order valence-electron chi connectivity index (χ4n) is 2.55. The first-order valence-corrected chi connectivity index (χ1v) is 7.27. The van der Waals surface area contributed by atoms with Crippen molar-refractivity contribution in [3.8, 4) is 0 Å². The third-order valence-corrected chi connectivity index (χ3v) is 4.85. The van der Waals surface area contributed by atoms with Crippen molar-refractivity contribution < 1.29 is 4.74 Å². The molecular weight excluding hydrogens is 351 g/mol. The van der Waals surface area contributed by atoms with E-state index >= 15 is 0 Å². The minimum absolute atomic E-state index is 0.342. The van der Waals surface area contributed by atoms with Gasteiger partial charge in [0, 0.05) is 13.3 Å². The van der Waals surface area contributed by atoms with Gasteiger partial charge in [-0.25, -0.2) is 9.97 Å². The van der Waals surface area contributed by atoms with Gasteiger partial charge in [0.1, 0.15) is 10.8 Å². The minimum Gasteiger partial charge on any atom is -0.370 e. The molecule has 1 aromatic rings. The zero-order valence-corrected chi connectivity index (χ0v) is 13.0. The average molecular weight is 367 g/mol. The number of methoxy groups -OCH3 is 1. The van der Waals surface area contributed by atoms with Crippen molar-refractivity contribution in [2.45, 2.75) is 38.2 Å². The molecule has 2 rings (SSSR count). The molecular formula is C12H16ClIN2O. The highest BCUT2D eigenvalue weighted by Gasteiger charge is 2.39. The van der Waals surface area contributed by atoms with Crippen LogP contribution >= 0.6 is 34.2 Å². The van der Waals surface area contributed by atoms with Crippen LogP contribution in [0, 0.1) is 9.49 Å². The second kappa shape index (κ2) is 5.36. The topological polar surface area (TPSA) is 35.0 Å². The summed E-state index contributed by atoms with van der Waals surface area (Å²) in [4.78, 5) is 8.81. The lowest BCUT2D eigenvalue weighted by Crippen LogP contribution is -2.36. The van der Waals surface area contributed by atoms with Gasteiger partial charge >= 0.3 is 0 Å². The first-order chi connectivity index (χ1) is 8.07. The van der Waals surface area contributed by atoms with Crippen LogP contribution < -0.4 is 0 Å². The monoisotopic (exact) mass is 366 g/mol. The molecule has 1 heterocycles. The molecule has 1 saturated carbocycles. The molecule has 2 unspecified atom stereocenters. The minimum atomic E-state index is -0.342. The Bertz CT molecular complexity index is 415. The molecule has 0 spiro atoms. The predicted octanol–water partition coefficient (Wildman–Crippen LogP) is 3.79. The summed E-state index contributed by atoms with van der Waals surface area (Å²) in [5.41, 5.74) is -0.342. The van der Waals surface area contributed by atoms with E-state index in [2.05, 4.69) is 39.5 Å². The lowest BCUT2D eigenvalue weighted by molar-refractivity contribution is -0.0646. The molecule has 17 heavy (non-hydrogen) atoms. The highest BCUT2D eigenvalue weighted by molar-refractivity contribution is 14.1. The van der Waals surface area contributed by atoms with Crippen LogP contribution in [0.2, 0.25) is 5.15 Å². The van der Waals surface area contributed by atoms with E-state index in [9.17, 15) is 0 Å². The quantitative estimate of drug-likeness (QED) is 0.590. The molecule has 0 amide bonds. The maximum Gasteiger partial charge on any atom is 0.162 e. The average Bonchev–Trinajstić information content (AvgIpc) is 2.32. The molecule has 0 radical (unpaired) electrons. The standard InChI is InChI=1S/C12H16ClIN2O/c1-8-4-3-5-12(6-8,17-2)11-15-7-9(14)10(13)16-11/h7-8H,3-6H2,1-2H3. The third kappa shape index (κ3) is 2.74. The van der Waals surface area contributed by atoms with Gasteiger partial charge in [-0.1, -0.05) is 24.9 Å². The number of nitrogens with zero attached hydrogens (tertiary/aromatic N) is 2. The summed E-state index contributed by atoms with van der Waals surface area (Å²) in [5.74, 6) is 1.38. The van der Waals surface area contributed by atoms with E-state index in [0.717, 1.165) is 28.7 Å². The van der Waals surface area contributed by atoms with Crippen molar-refractivity contribution in [2.24, 2.45) is 5.92 Å². The number of halogens is 2. The molecule has 1 aromatic heterocycles. The van der Waals surface area contributed by atoms with E-state index in [1.807, 2.05) is 0 Å². The molecule has 1 aliphatic rings. The molecule has 0 N–H and O–H groups in total. The second-order valence-corrected chi connectivity index (χ2v) is 6.25. The molecule has 94 valence electrons. The number of hydrogen-bond donors (Lipinski definition) is 0. The van der Waals surface area contributed by atoms with Gasteiger partial charge in [-0.3, -0.25) is 0 Å². The van der Waals surface area contributed by atoms with Crippen molar-refractivity contribution in [1.29, 1.82) is 0 Å². The Morgan fingerprint density at radius 3 is 2.94 bits per heavy atom. The summed E-state index contributed by atoms with van der Waals surface area (Å²) in [6, 6.07) is 0. The highest BCUT2D eigenvalue weighted by Crippen LogP contribution is 2.41. The van der Waals surface area contributed by atoms with Gasteiger partial charge in [-0.05, 0) is 47.8 Å². The van der Waals surface area contributed by atoms with Crippen LogP contribution in [0.4, 0.5) is 0 Å². The van der Waals surface area contributed by atoms with Crippen LogP contribution in [0.25, 0.3) is 0 Å². The maximum atomic E-state index is 6.07. The lowest BCUT2D eigenvalue weighted by Gasteiger charge is -2.37. The van der Waals surface area contributed by atoms with Crippen molar-refractivity contribution in [3.63, 3.8) is 0 Å². The SMILES string of the molecule is COC1(c2ncc(I)c(Cl)n2)CCCC(C)C1. The Morgan fingerprint density at radius 2 is 2.35 bits per heavy atom. The van der Waals surface area contributed by atoms with Gasteiger partial charge in [0.15, 0.2) is 5.82 Å². The normalized spacial score (nSPS) is 29.3. The van der Waals surface area contributed by atoms with Gasteiger partial charge in [0.05, 0.1) is 3.57 Å². The fraction of sp³-hybridized carbons (Fsp3) is 0.667. The summed E-state index contributed by atoms with van der Waals surface area (Å²) in [6.07, 6.45) is 6.13.